The summed E-state index contributed by atoms with van der Waals surface area (Å²) in [4.78, 5) is 3.90. The molecule has 0 rings (SSSR count). The summed E-state index contributed by atoms with van der Waals surface area (Å²) in [5, 5.41) is 0. The maximum atomic E-state index is 3.90. The molecule has 0 aliphatic heterocycles. The third-order valence-electron chi connectivity index (χ3n) is 0.774. The Hall–Kier alpha value is -0.550. The Morgan fingerprint density at radius 2 is 2.25 bits per heavy atom. The van der Waals surface area contributed by atoms with Gasteiger partial charge in [-0.2, -0.15) is 0 Å². The highest BCUT2D eigenvalue weighted by Crippen LogP contribution is 1.82. The number of nitrogens with zero attached hydrogens (tertiary/aromatic N) is 1. The fourth-order valence-electron chi connectivity index (χ4n) is 0.365. The normalized spacial score (nSPS) is 7.75. The SMILES string of the molecule is CCCC=C=NCC. The summed E-state index contributed by atoms with van der Waals surface area (Å²) in [6, 6.07) is 0. The molecule has 1 nitrogen and oxygen atoms in total. The number of unbranched alkanes of at least 4 members (excludes halogenated alkanes) is 1. The second kappa shape index (κ2) is 6.45. The van der Waals surface area contributed by atoms with E-state index in [1.807, 2.05) is 13.0 Å². The third-order valence-corrected chi connectivity index (χ3v) is 0.774. The molecule has 0 aliphatic rings. The van der Waals surface area contributed by atoms with Crippen molar-refractivity contribution in [2.45, 2.75) is 26.7 Å². The average molecular weight is 111 g/mol. The molecule has 0 aromatic carbocycles. The average Bonchev–Trinajstić information content (AvgIpc) is 1.81. The van der Waals surface area contributed by atoms with Gasteiger partial charge in [-0.1, -0.05) is 13.3 Å². The van der Waals surface area contributed by atoms with Crippen LogP contribution in [0.15, 0.2) is 11.1 Å². The van der Waals surface area contributed by atoms with E-state index in [2.05, 4.69) is 17.8 Å². The molecule has 46 valence electrons. The van der Waals surface area contributed by atoms with Crippen LogP contribution < -0.4 is 0 Å². The first kappa shape index (κ1) is 7.45. The van der Waals surface area contributed by atoms with Crippen molar-refractivity contribution >= 4 is 5.87 Å². The molecule has 0 aromatic heterocycles. The fraction of sp³-hybridized carbons (Fsp3) is 0.714. The van der Waals surface area contributed by atoms with E-state index in [0.717, 1.165) is 13.0 Å². The minimum atomic E-state index is 0.847. The molecule has 0 saturated heterocycles. The van der Waals surface area contributed by atoms with Crippen molar-refractivity contribution in [1.29, 1.82) is 0 Å². The molecule has 0 aromatic rings. The van der Waals surface area contributed by atoms with E-state index in [1.165, 1.54) is 6.42 Å². The largest absolute Gasteiger partial charge is 0.244 e. The van der Waals surface area contributed by atoms with E-state index < -0.39 is 0 Å². The van der Waals surface area contributed by atoms with E-state index in [4.69, 9.17) is 0 Å². The van der Waals surface area contributed by atoms with Gasteiger partial charge in [-0.05, 0) is 25.3 Å². The quantitative estimate of drug-likeness (QED) is 0.494. The highest BCUT2D eigenvalue weighted by atomic mass is 14.7. The lowest BCUT2D eigenvalue weighted by Gasteiger charge is -1.75. The van der Waals surface area contributed by atoms with E-state index in [9.17, 15) is 0 Å². The van der Waals surface area contributed by atoms with E-state index in [1.54, 1.807) is 0 Å². The molecule has 0 aliphatic carbocycles. The minimum Gasteiger partial charge on any atom is -0.244 e. The number of aliphatic imine (C=N–C) groups is 1. The second-order valence-electron chi connectivity index (χ2n) is 1.60. The van der Waals surface area contributed by atoms with Crippen molar-refractivity contribution < 1.29 is 0 Å². The zero-order valence-electron chi connectivity index (χ0n) is 5.65. The molecule has 8 heavy (non-hydrogen) atoms. The van der Waals surface area contributed by atoms with Crippen LogP contribution in [0.3, 0.4) is 0 Å². The highest BCUT2D eigenvalue weighted by Gasteiger charge is 1.66. The van der Waals surface area contributed by atoms with Gasteiger partial charge in [-0.15, -0.1) is 0 Å². The molecule has 1 heteroatoms. The third kappa shape index (κ3) is 5.45. The van der Waals surface area contributed by atoms with Crippen LogP contribution in [0.5, 0.6) is 0 Å². The van der Waals surface area contributed by atoms with Crippen molar-refractivity contribution in [1.82, 2.24) is 0 Å². The Labute approximate surface area is 51.1 Å². The topological polar surface area (TPSA) is 12.4 Å². The summed E-state index contributed by atoms with van der Waals surface area (Å²) in [5.41, 5.74) is 0. The van der Waals surface area contributed by atoms with E-state index in [0.29, 0.717) is 0 Å². The van der Waals surface area contributed by atoms with E-state index in [-0.39, 0.29) is 0 Å². The van der Waals surface area contributed by atoms with Crippen LogP contribution in [0.4, 0.5) is 0 Å². The molecule has 0 atom stereocenters. The summed E-state index contributed by atoms with van der Waals surface area (Å²) < 4.78 is 0. The van der Waals surface area contributed by atoms with Crippen LogP contribution >= 0.6 is 0 Å². The van der Waals surface area contributed by atoms with E-state index >= 15 is 0 Å². The van der Waals surface area contributed by atoms with Crippen molar-refractivity contribution in [3.63, 3.8) is 0 Å². The number of hydrogen-bond donors (Lipinski definition) is 0. The summed E-state index contributed by atoms with van der Waals surface area (Å²) >= 11 is 0. The monoisotopic (exact) mass is 111 g/mol. The van der Waals surface area contributed by atoms with Crippen molar-refractivity contribution in [3.05, 3.63) is 6.08 Å². The van der Waals surface area contributed by atoms with Gasteiger partial charge in [0, 0.05) is 6.54 Å². The van der Waals surface area contributed by atoms with Crippen LogP contribution in [0.25, 0.3) is 0 Å². The maximum Gasteiger partial charge on any atom is 0.0455 e. The summed E-state index contributed by atoms with van der Waals surface area (Å²) in [6.07, 6.45) is 4.26. The van der Waals surface area contributed by atoms with Crippen molar-refractivity contribution in [2.24, 2.45) is 4.99 Å². The fourth-order valence-corrected chi connectivity index (χ4v) is 0.365. The molecule has 0 amide bonds. The lowest BCUT2D eigenvalue weighted by Crippen LogP contribution is -1.64. The van der Waals surface area contributed by atoms with Gasteiger partial charge in [0.15, 0.2) is 0 Å². The number of hydrogen-bond acceptors (Lipinski definition) is 1. The molecular weight excluding hydrogens is 98.1 g/mol. The van der Waals surface area contributed by atoms with Gasteiger partial charge in [-0.3, -0.25) is 0 Å². The second-order valence-corrected chi connectivity index (χ2v) is 1.60. The molecule has 0 bridgehead atoms. The van der Waals surface area contributed by atoms with Crippen LogP contribution in [0.1, 0.15) is 26.7 Å². The Morgan fingerprint density at radius 3 is 2.75 bits per heavy atom. The lowest BCUT2D eigenvalue weighted by atomic mass is 10.3. The van der Waals surface area contributed by atoms with Gasteiger partial charge in [0.1, 0.15) is 0 Å². The first-order valence-electron chi connectivity index (χ1n) is 3.15. The Morgan fingerprint density at radius 1 is 1.50 bits per heavy atom. The predicted octanol–water partition coefficient (Wildman–Crippen LogP) is 2.03. The lowest BCUT2D eigenvalue weighted by molar-refractivity contribution is 0.963. The van der Waals surface area contributed by atoms with Crippen molar-refractivity contribution in [2.75, 3.05) is 6.54 Å². The minimum absolute atomic E-state index is 0.847. The molecular formula is C7H13N. The van der Waals surface area contributed by atoms with Crippen LogP contribution in [-0.2, 0) is 0 Å². The molecule has 0 heterocycles. The first-order chi connectivity index (χ1) is 3.91. The summed E-state index contributed by atoms with van der Waals surface area (Å²) in [7, 11) is 0. The standard InChI is InChI=1S/C7H13N/c1-3-5-6-7-8-4-2/h6H,3-5H2,1-2H3. The Kier molecular flexibility index (Phi) is 6.01. The van der Waals surface area contributed by atoms with Crippen molar-refractivity contribution in [3.8, 4) is 0 Å². The van der Waals surface area contributed by atoms with Crippen LogP contribution in [0, 0.1) is 0 Å². The zero-order valence-corrected chi connectivity index (χ0v) is 5.65. The molecule has 0 unspecified atom stereocenters. The van der Waals surface area contributed by atoms with Crippen LogP contribution in [0.2, 0.25) is 0 Å². The molecule has 0 N–H and O–H groups in total. The molecule has 0 radical (unpaired) electrons. The molecule has 0 spiro atoms. The first-order valence-corrected chi connectivity index (χ1v) is 3.15. The maximum absolute atomic E-state index is 3.90. The molecule has 0 fully saturated rings. The number of rotatable bonds is 3. The number of allylic oxidation sites excluding steroid dienone is 1. The highest BCUT2D eigenvalue weighted by molar-refractivity contribution is 5.51. The zero-order chi connectivity index (χ0) is 6.24. The van der Waals surface area contributed by atoms with Gasteiger partial charge in [0.25, 0.3) is 0 Å². The van der Waals surface area contributed by atoms with Gasteiger partial charge in [-0.25, -0.2) is 4.99 Å². The van der Waals surface area contributed by atoms with Gasteiger partial charge in [0.2, 0.25) is 0 Å². The smallest absolute Gasteiger partial charge is 0.0455 e. The Bertz CT molecular complexity index is 88.6. The van der Waals surface area contributed by atoms with Gasteiger partial charge in [0.05, 0.1) is 0 Å². The predicted molar refractivity (Wildman–Crippen MR) is 37.5 cm³/mol. The summed E-state index contributed by atoms with van der Waals surface area (Å²) in [5.74, 6) is 2.84. The summed E-state index contributed by atoms with van der Waals surface area (Å²) in [6.45, 7) is 5.00. The molecule has 0 saturated carbocycles. The van der Waals surface area contributed by atoms with Gasteiger partial charge < -0.3 is 0 Å². The van der Waals surface area contributed by atoms with Crippen LogP contribution in [-0.4, -0.2) is 12.4 Å². The Balaban J connectivity index is 3.18. The van der Waals surface area contributed by atoms with Gasteiger partial charge >= 0.3 is 0 Å².